The Kier molecular flexibility index (Phi) is 3.77. The maximum Gasteiger partial charge on any atom is 0.255 e. The van der Waals surface area contributed by atoms with E-state index in [0.717, 1.165) is 21.4 Å². The molecular formula is C14H13BrN2O. The molecule has 0 aliphatic heterocycles. The number of benzene rings is 1. The zero-order valence-electron chi connectivity index (χ0n) is 10.2. The number of nitrogens with zero attached hydrogens (tertiary/aromatic N) is 1. The number of nitrogens with one attached hydrogen (secondary N) is 1. The number of halogens is 1. The number of hydrogen-bond acceptors (Lipinski definition) is 2. The van der Waals surface area contributed by atoms with Gasteiger partial charge >= 0.3 is 0 Å². The van der Waals surface area contributed by atoms with E-state index in [2.05, 4.69) is 26.2 Å². The van der Waals surface area contributed by atoms with Crippen molar-refractivity contribution in [3.8, 4) is 0 Å². The van der Waals surface area contributed by atoms with Crippen LogP contribution in [0.5, 0.6) is 0 Å². The molecule has 0 unspecified atom stereocenters. The predicted molar refractivity (Wildman–Crippen MR) is 75.8 cm³/mol. The van der Waals surface area contributed by atoms with Gasteiger partial charge in [-0.1, -0.05) is 15.9 Å². The van der Waals surface area contributed by atoms with Gasteiger partial charge in [0.15, 0.2) is 0 Å². The Morgan fingerprint density at radius 2 is 2.00 bits per heavy atom. The first-order valence-corrected chi connectivity index (χ1v) is 6.35. The molecule has 0 aliphatic rings. The molecule has 1 heterocycles. The van der Waals surface area contributed by atoms with E-state index in [1.807, 2.05) is 32.0 Å². The van der Waals surface area contributed by atoms with Crippen molar-refractivity contribution in [3.63, 3.8) is 0 Å². The molecule has 0 fully saturated rings. The molecule has 0 radical (unpaired) electrons. The van der Waals surface area contributed by atoms with Gasteiger partial charge in [0.2, 0.25) is 0 Å². The van der Waals surface area contributed by atoms with Crippen LogP contribution in [0.15, 0.2) is 41.0 Å². The van der Waals surface area contributed by atoms with Crippen LogP contribution in [0.3, 0.4) is 0 Å². The predicted octanol–water partition coefficient (Wildman–Crippen LogP) is 3.71. The molecule has 2 rings (SSSR count). The maximum atomic E-state index is 12.0. The summed E-state index contributed by atoms with van der Waals surface area (Å²) in [7, 11) is 0. The van der Waals surface area contributed by atoms with Gasteiger partial charge in [0.1, 0.15) is 0 Å². The van der Waals surface area contributed by atoms with E-state index in [4.69, 9.17) is 0 Å². The summed E-state index contributed by atoms with van der Waals surface area (Å²) in [5.41, 5.74) is 3.31. The number of amides is 1. The van der Waals surface area contributed by atoms with E-state index in [-0.39, 0.29) is 5.91 Å². The van der Waals surface area contributed by atoms with Crippen molar-refractivity contribution in [1.82, 2.24) is 4.98 Å². The van der Waals surface area contributed by atoms with Crippen molar-refractivity contribution in [1.29, 1.82) is 0 Å². The van der Waals surface area contributed by atoms with Gasteiger partial charge in [-0.25, -0.2) is 0 Å². The highest BCUT2D eigenvalue weighted by Gasteiger charge is 2.07. The fourth-order valence-corrected chi connectivity index (χ4v) is 2.31. The Hall–Kier alpha value is -1.68. The van der Waals surface area contributed by atoms with Crippen molar-refractivity contribution < 1.29 is 4.79 Å². The number of aromatic nitrogens is 1. The van der Waals surface area contributed by atoms with Crippen LogP contribution in [0.4, 0.5) is 5.69 Å². The lowest BCUT2D eigenvalue weighted by Gasteiger charge is -2.07. The highest BCUT2D eigenvalue weighted by atomic mass is 79.9. The van der Waals surface area contributed by atoms with Crippen LogP contribution < -0.4 is 5.32 Å². The second-order valence-corrected chi connectivity index (χ2v) is 5.07. The third-order valence-corrected chi connectivity index (χ3v) is 2.92. The molecule has 1 aromatic heterocycles. The summed E-state index contributed by atoms with van der Waals surface area (Å²) in [5.74, 6) is -0.127. The highest BCUT2D eigenvalue weighted by Crippen LogP contribution is 2.19. The zero-order valence-corrected chi connectivity index (χ0v) is 11.8. The molecular weight excluding hydrogens is 292 g/mol. The van der Waals surface area contributed by atoms with Gasteiger partial charge in [-0.15, -0.1) is 0 Å². The molecule has 1 N–H and O–H groups in total. The van der Waals surface area contributed by atoms with E-state index >= 15 is 0 Å². The molecule has 92 valence electrons. The molecule has 0 aliphatic carbocycles. The van der Waals surface area contributed by atoms with Gasteiger partial charge in [-0.2, -0.15) is 0 Å². The number of pyridine rings is 1. The Morgan fingerprint density at radius 1 is 1.22 bits per heavy atom. The van der Waals surface area contributed by atoms with Crippen LogP contribution in [0.2, 0.25) is 0 Å². The zero-order chi connectivity index (χ0) is 13.1. The van der Waals surface area contributed by atoms with Crippen molar-refractivity contribution in [2.75, 3.05) is 5.32 Å². The van der Waals surface area contributed by atoms with E-state index < -0.39 is 0 Å². The second-order valence-electron chi connectivity index (χ2n) is 4.16. The molecule has 2 aromatic rings. The van der Waals surface area contributed by atoms with Gasteiger partial charge in [0.05, 0.1) is 0 Å². The van der Waals surface area contributed by atoms with E-state index in [1.165, 1.54) is 0 Å². The third kappa shape index (κ3) is 3.17. The van der Waals surface area contributed by atoms with Crippen LogP contribution in [-0.4, -0.2) is 10.9 Å². The van der Waals surface area contributed by atoms with E-state index in [0.29, 0.717) is 5.56 Å². The minimum Gasteiger partial charge on any atom is -0.322 e. The molecule has 1 amide bonds. The molecule has 0 atom stereocenters. The van der Waals surface area contributed by atoms with Gasteiger partial charge in [0, 0.05) is 27.6 Å². The summed E-state index contributed by atoms with van der Waals surface area (Å²) in [6.07, 6.45) is 1.64. The van der Waals surface area contributed by atoms with Crippen molar-refractivity contribution in [2.24, 2.45) is 0 Å². The third-order valence-electron chi connectivity index (χ3n) is 2.46. The Bertz CT molecular complexity index is 576. The maximum absolute atomic E-state index is 12.0. The van der Waals surface area contributed by atoms with Crippen LogP contribution >= 0.6 is 15.9 Å². The molecule has 0 bridgehead atoms. The summed E-state index contributed by atoms with van der Waals surface area (Å²) in [5, 5.41) is 2.87. The van der Waals surface area contributed by atoms with Gasteiger partial charge < -0.3 is 5.32 Å². The summed E-state index contributed by atoms with van der Waals surface area (Å²) >= 11 is 3.41. The fraction of sp³-hybridized carbons (Fsp3) is 0.143. The van der Waals surface area contributed by atoms with Gasteiger partial charge in [-0.05, 0) is 49.7 Å². The van der Waals surface area contributed by atoms with E-state index in [1.54, 1.807) is 18.3 Å². The first-order chi connectivity index (χ1) is 8.54. The smallest absolute Gasteiger partial charge is 0.255 e. The number of carbonyl (C=O) groups excluding carboxylic acids is 1. The monoisotopic (exact) mass is 304 g/mol. The summed E-state index contributed by atoms with van der Waals surface area (Å²) in [6, 6.07) is 9.26. The Morgan fingerprint density at radius 3 is 2.67 bits per heavy atom. The summed E-state index contributed by atoms with van der Waals surface area (Å²) < 4.78 is 0.948. The SMILES string of the molecule is Cc1cc(Br)cc(NC(=O)c2ccnc(C)c2)c1. The Labute approximate surface area is 114 Å². The van der Waals surface area contributed by atoms with Crippen LogP contribution in [0.1, 0.15) is 21.6 Å². The highest BCUT2D eigenvalue weighted by molar-refractivity contribution is 9.10. The lowest BCUT2D eigenvalue weighted by atomic mass is 10.2. The van der Waals surface area contributed by atoms with Gasteiger partial charge in [0.25, 0.3) is 5.91 Å². The Balaban J connectivity index is 2.21. The minimum absolute atomic E-state index is 0.127. The first kappa shape index (κ1) is 12.8. The van der Waals surface area contributed by atoms with Crippen LogP contribution in [0, 0.1) is 13.8 Å². The number of rotatable bonds is 2. The molecule has 3 nitrogen and oxygen atoms in total. The average molecular weight is 305 g/mol. The molecule has 0 spiro atoms. The van der Waals surface area contributed by atoms with Crippen molar-refractivity contribution in [2.45, 2.75) is 13.8 Å². The topological polar surface area (TPSA) is 42.0 Å². The quantitative estimate of drug-likeness (QED) is 0.919. The number of carbonyl (C=O) groups is 1. The normalized spacial score (nSPS) is 10.2. The molecule has 4 heteroatoms. The van der Waals surface area contributed by atoms with E-state index in [9.17, 15) is 4.79 Å². The average Bonchev–Trinajstić information content (AvgIpc) is 2.27. The van der Waals surface area contributed by atoms with Crippen molar-refractivity contribution in [3.05, 3.63) is 57.8 Å². The number of anilines is 1. The molecule has 0 saturated carbocycles. The van der Waals surface area contributed by atoms with Gasteiger partial charge in [-0.3, -0.25) is 9.78 Å². The minimum atomic E-state index is -0.127. The molecule has 1 aromatic carbocycles. The summed E-state index contributed by atoms with van der Waals surface area (Å²) in [6.45, 7) is 3.84. The second kappa shape index (κ2) is 5.31. The first-order valence-electron chi connectivity index (χ1n) is 5.56. The number of hydrogen-bond donors (Lipinski definition) is 1. The molecule has 0 saturated heterocycles. The lowest BCUT2D eigenvalue weighted by Crippen LogP contribution is -2.12. The summed E-state index contributed by atoms with van der Waals surface area (Å²) in [4.78, 5) is 16.1. The van der Waals surface area contributed by atoms with Crippen LogP contribution in [0.25, 0.3) is 0 Å². The van der Waals surface area contributed by atoms with Crippen LogP contribution in [-0.2, 0) is 0 Å². The molecule has 18 heavy (non-hydrogen) atoms. The van der Waals surface area contributed by atoms with Crippen molar-refractivity contribution >= 4 is 27.5 Å². The largest absolute Gasteiger partial charge is 0.322 e. The standard InChI is InChI=1S/C14H13BrN2O/c1-9-5-12(15)8-13(6-9)17-14(18)11-3-4-16-10(2)7-11/h3-8H,1-2H3,(H,17,18). The number of aryl methyl sites for hydroxylation is 2. The lowest BCUT2D eigenvalue weighted by molar-refractivity contribution is 0.102. The fourth-order valence-electron chi connectivity index (χ4n) is 1.70.